The van der Waals surface area contributed by atoms with Crippen LogP contribution < -0.4 is 5.46 Å². The molecule has 0 aliphatic carbocycles. The van der Waals surface area contributed by atoms with Crippen molar-refractivity contribution in [2.45, 2.75) is 32.5 Å². The molecule has 0 fully saturated rings. The van der Waals surface area contributed by atoms with Crippen LogP contribution in [0.5, 0.6) is 0 Å². The highest BCUT2D eigenvalue weighted by Crippen LogP contribution is 2.33. The first-order valence-corrected chi connectivity index (χ1v) is 7.27. The smallest absolute Gasteiger partial charge is 0.188 e. The van der Waals surface area contributed by atoms with Crippen molar-refractivity contribution in [1.82, 2.24) is 0 Å². The summed E-state index contributed by atoms with van der Waals surface area (Å²) in [5.74, 6) is 0. The number of rotatable bonds is 0. The molecule has 0 spiro atoms. The molecule has 0 saturated carbocycles. The largest absolute Gasteiger partial charge is 0.288 e. The van der Waals surface area contributed by atoms with Crippen molar-refractivity contribution in [1.29, 1.82) is 0 Å². The monoisotopic (exact) mass is 268 g/mol. The Balaban J connectivity index is 2.21. The van der Waals surface area contributed by atoms with Gasteiger partial charge in [-0.3, -0.25) is 0 Å². The van der Waals surface area contributed by atoms with Crippen molar-refractivity contribution in [3.8, 4) is 11.1 Å². The summed E-state index contributed by atoms with van der Waals surface area (Å²) < 4.78 is 0. The molecule has 0 radical (unpaired) electrons. The molecule has 0 N–H and O–H groups in total. The van der Waals surface area contributed by atoms with E-state index in [0.29, 0.717) is 0 Å². The van der Waals surface area contributed by atoms with Gasteiger partial charge in [-0.05, 0) is 34.0 Å². The zero-order valence-electron chi connectivity index (χ0n) is 11.7. The molecule has 0 unspecified atom stereocenters. The molecule has 0 atom stereocenters. The van der Waals surface area contributed by atoms with E-state index in [0.717, 1.165) is 6.32 Å². The van der Waals surface area contributed by atoms with Crippen LogP contribution in [0.2, 0.25) is 0 Å². The molecule has 0 saturated heterocycles. The third kappa shape index (κ3) is 2.21. The average molecular weight is 269 g/mol. The van der Waals surface area contributed by atoms with E-state index in [1.807, 2.05) is 0 Å². The summed E-state index contributed by atoms with van der Waals surface area (Å²) in [7, 11) is 0. The van der Waals surface area contributed by atoms with Crippen molar-refractivity contribution in [2.24, 2.45) is 0 Å². The molecule has 0 amide bonds. The lowest BCUT2D eigenvalue weighted by atomic mass is 9.57. The molecule has 1 heterocycles. The molecule has 2 aromatic carbocycles. The highest BCUT2D eigenvalue weighted by molar-refractivity contribution is 7.14. The summed E-state index contributed by atoms with van der Waals surface area (Å²) in [5.41, 5.74) is 6.86. The van der Waals surface area contributed by atoms with Gasteiger partial charge in [-0.25, -0.2) is 0 Å². The third-order valence-corrected chi connectivity index (χ3v) is 4.35. The number of hydrogen-bond donors (Lipinski definition) is 0. The summed E-state index contributed by atoms with van der Waals surface area (Å²) in [6, 6.07) is 15.4. The first-order chi connectivity index (χ1) is 8.97. The summed E-state index contributed by atoms with van der Waals surface area (Å²) in [5, 5.41) is 0. The molecule has 3 rings (SSSR count). The summed E-state index contributed by atoms with van der Waals surface area (Å²) in [6.07, 6.45) is 1.03. The molecular formula is C17H18BCl. The third-order valence-electron chi connectivity index (χ3n) is 3.96. The van der Waals surface area contributed by atoms with Gasteiger partial charge in [-0.1, -0.05) is 68.7 Å². The van der Waals surface area contributed by atoms with E-state index in [2.05, 4.69) is 63.2 Å². The Morgan fingerprint density at radius 2 is 1.74 bits per heavy atom. The first-order valence-electron chi connectivity index (χ1n) is 6.83. The van der Waals surface area contributed by atoms with E-state index in [-0.39, 0.29) is 11.5 Å². The Labute approximate surface area is 120 Å². The van der Waals surface area contributed by atoms with E-state index >= 15 is 0 Å². The number of hydrogen-bond acceptors (Lipinski definition) is 0. The summed E-state index contributed by atoms with van der Waals surface area (Å²) in [4.78, 5) is 0. The molecule has 19 heavy (non-hydrogen) atoms. The van der Waals surface area contributed by atoms with Gasteiger partial charge in [-0.15, -0.1) is 0 Å². The zero-order chi connectivity index (χ0) is 13.6. The highest BCUT2D eigenvalue weighted by atomic mass is 35.5. The van der Waals surface area contributed by atoms with E-state index < -0.39 is 0 Å². The normalized spacial score (nSPS) is 14.0. The molecule has 0 nitrogen and oxygen atoms in total. The van der Waals surface area contributed by atoms with Crippen LogP contribution in [-0.4, -0.2) is 6.13 Å². The molecule has 1 aliphatic rings. The van der Waals surface area contributed by atoms with E-state index in [9.17, 15) is 0 Å². The van der Waals surface area contributed by atoms with Gasteiger partial charge in [0.15, 0.2) is 0 Å². The number of benzene rings is 2. The van der Waals surface area contributed by atoms with Gasteiger partial charge in [0.1, 0.15) is 0 Å². The van der Waals surface area contributed by atoms with E-state index in [1.165, 1.54) is 27.7 Å². The van der Waals surface area contributed by atoms with Crippen molar-refractivity contribution in [3.63, 3.8) is 0 Å². The van der Waals surface area contributed by atoms with Gasteiger partial charge < -0.3 is 0 Å². The van der Waals surface area contributed by atoms with Gasteiger partial charge in [0.25, 0.3) is 6.13 Å². The zero-order valence-corrected chi connectivity index (χ0v) is 12.5. The van der Waals surface area contributed by atoms with Crippen LogP contribution in [0.1, 0.15) is 31.9 Å². The van der Waals surface area contributed by atoms with Gasteiger partial charge >= 0.3 is 0 Å². The van der Waals surface area contributed by atoms with Crippen LogP contribution in [0.4, 0.5) is 0 Å². The fourth-order valence-corrected chi connectivity index (χ4v) is 3.15. The maximum Gasteiger partial charge on any atom is 0.288 e. The maximum absolute atomic E-state index is 6.50. The average Bonchev–Trinajstić information content (AvgIpc) is 2.37. The predicted molar refractivity (Wildman–Crippen MR) is 85.5 cm³/mol. The highest BCUT2D eigenvalue weighted by Gasteiger charge is 2.27. The molecule has 0 aromatic heterocycles. The van der Waals surface area contributed by atoms with Crippen LogP contribution in [-0.2, 0) is 11.7 Å². The SMILES string of the molecule is CC(C)(C)c1ccc2c(c1)-c1ccccc1B(Cl)C2. The van der Waals surface area contributed by atoms with Crippen LogP contribution in [0.25, 0.3) is 11.1 Å². The number of fused-ring (bicyclic) bond motifs is 3. The summed E-state index contributed by atoms with van der Waals surface area (Å²) in [6.45, 7) is 6.77. The Morgan fingerprint density at radius 1 is 1.00 bits per heavy atom. The van der Waals surface area contributed by atoms with Crippen LogP contribution >= 0.6 is 11.5 Å². The fraction of sp³-hybridized carbons (Fsp3) is 0.294. The maximum atomic E-state index is 6.50. The molecule has 2 aromatic rings. The Morgan fingerprint density at radius 3 is 2.47 bits per heavy atom. The summed E-state index contributed by atoms with van der Waals surface area (Å²) >= 11 is 6.50. The molecule has 96 valence electrons. The van der Waals surface area contributed by atoms with E-state index in [4.69, 9.17) is 11.5 Å². The van der Waals surface area contributed by atoms with Crippen molar-refractivity contribution in [2.75, 3.05) is 0 Å². The van der Waals surface area contributed by atoms with Gasteiger partial charge in [0, 0.05) is 0 Å². The van der Waals surface area contributed by atoms with E-state index in [1.54, 1.807) is 0 Å². The van der Waals surface area contributed by atoms with Crippen LogP contribution in [0.3, 0.4) is 0 Å². The topological polar surface area (TPSA) is 0 Å². The second-order valence-corrected chi connectivity index (χ2v) is 6.91. The predicted octanol–water partition coefficient (Wildman–Crippen LogP) is 4.18. The molecule has 0 bridgehead atoms. The number of halogens is 1. The molecule has 2 heteroatoms. The lowest BCUT2D eigenvalue weighted by molar-refractivity contribution is 0.590. The van der Waals surface area contributed by atoms with Crippen LogP contribution in [0.15, 0.2) is 42.5 Å². The minimum absolute atomic E-state index is 0.101. The van der Waals surface area contributed by atoms with Gasteiger partial charge in [-0.2, -0.15) is 11.5 Å². The van der Waals surface area contributed by atoms with Crippen LogP contribution in [0, 0.1) is 0 Å². The first kappa shape index (κ1) is 12.8. The minimum Gasteiger partial charge on any atom is -0.188 e. The quantitative estimate of drug-likeness (QED) is 0.629. The lowest BCUT2D eigenvalue weighted by Gasteiger charge is -2.26. The lowest BCUT2D eigenvalue weighted by Crippen LogP contribution is -2.33. The minimum atomic E-state index is 0.101. The Kier molecular flexibility index (Phi) is 2.98. The van der Waals surface area contributed by atoms with Gasteiger partial charge in [0.05, 0.1) is 0 Å². The van der Waals surface area contributed by atoms with Crippen molar-refractivity contribution < 1.29 is 0 Å². The second-order valence-electron chi connectivity index (χ2n) is 6.38. The van der Waals surface area contributed by atoms with Crippen molar-refractivity contribution >= 4 is 23.1 Å². The fourth-order valence-electron chi connectivity index (χ4n) is 2.79. The van der Waals surface area contributed by atoms with Gasteiger partial charge in [0.2, 0.25) is 0 Å². The van der Waals surface area contributed by atoms with Crippen molar-refractivity contribution in [3.05, 3.63) is 53.6 Å². The Hall–Kier alpha value is -1.21. The molecular weight excluding hydrogens is 250 g/mol. The second kappa shape index (κ2) is 4.42. The Bertz CT molecular complexity index is 625. The molecule has 1 aliphatic heterocycles. The standard InChI is InChI=1S/C17H18BCl/c1-17(2,3)13-9-8-12-11-18(19)16-7-5-4-6-14(16)15(12)10-13/h4-10H,11H2,1-3H3.